The van der Waals surface area contributed by atoms with Gasteiger partial charge in [0.2, 0.25) is 0 Å². The Hall–Kier alpha value is -0.370. The van der Waals surface area contributed by atoms with E-state index in [1.54, 1.807) is 0 Å². The number of nitrogens with zero attached hydrogens (tertiary/aromatic N) is 1. The van der Waals surface area contributed by atoms with E-state index in [0.29, 0.717) is 6.73 Å². The molecule has 0 saturated heterocycles. The number of rotatable bonds is 4. The molecule has 0 heterocycles. The minimum Gasteiger partial charge on any atom is -0.359 e. The molecule has 0 radical (unpaired) electrons. The van der Waals surface area contributed by atoms with Gasteiger partial charge in [-0.3, -0.25) is 4.99 Å². The highest BCUT2D eigenvalue weighted by Gasteiger charge is 1.75. The minimum absolute atomic E-state index is 0.438. The van der Waals surface area contributed by atoms with Crippen LogP contribution in [-0.4, -0.2) is 20.1 Å². The summed E-state index contributed by atoms with van der Waals surface area (Å²) in [5, 5.41) is 0. The summed E-state index contributed by atoms with van der Waals surface area (Å²) in [6, 6.07) is 0. The Bertz CT molecular complexity index is 45.3. The lowest BCUT2D eigenvalue weighted by molar-refractivity contribution is 0.143. The van der Waals surface area contributed by atoms with Crippen LogP contribution >= 0.6 is 0 Å². The molecule has 0 N–H and O–H groups in total. The molecule has 0 aliphatic carbocycles. The largest absolute Gasteiger partial charge is 0.359 e. The van der Waals surface area contributed by atoms with E-state index in [-0.39, 0.29) is 0 Å². The first-order valence-corrected chi connectivity index (χ1v) is 2.42. The molecule has 0 aliphatic rings. The quantitative estimate of drug-likeness (QED) is 0.383. The van der Waals surface area contributed by atoms with Gasteiger partial charge in [0.05, 0.1) is 0 Å². The number of hydrogen-bond acceptors (Lipinski definition) is 2. The van der Waals surface area contributed by atoms with Gasteiger partial charge in [0.1, 0.15) is 6.73 Å². The lowest BCUT2D eigenvalue weighted by Crippen LogP contribution is -1.90. The van der Waals surface area contributed by atoms with Crippen molar-refractivity contribution < 1.29 is 4.74 Å². The Morgan fingerprint density at radius 1 is 1.71 bits per heavy atom. The molecular formula is C5H11NO. The molecular weight excluding hydrogens is 90.1 g/mol. The Balaban J connectivity index is 2.56. The zero-order chi connectivity index (χ0) is 5.54. The van der Waals surface area contributed by atoms with Crippen molar-refractivity contribution in [3.05, 3.63) is 0 Å². The molecule has 0 aromatic carbocycles. The molecule has 0 saturated carbocycles. The third kappa shape index (κ3) is 5.63. The molecule has 2 heteroatoms. The van der Waals surface area contributed by atoms with Crippen LogP contribution in [0.2, 0.25) is 0 Å². The first kappa shape index (κ1) is 6.63. The van der Waals surface area contributed by atoms with E-state index in [9.17, 15) is 0 Å². The summed E-state index contributed by atoms with van der Waals surface area (Å²) in [6.07, 6.45) is 1.05. The van der Waals surface area contributed by atoms with Gasteiger partial charge >= 0.3 is 0 Å². The summed E-state index contributed by atoms with van der Waals surface area (Å²) in [4.78, 5) is 3.50. The summed E-state index contributed by atoms with van der Waals surface area (Å²) in [6.45, 7) is 6.55. The molecule has 0 aromatic rings. The van der Waals surface area contributed by atoms with Crippen LogP contribution in [-0.2, 0) is 4.74 Å². The van der Waals surface area contributed by atoms with Gasteiger partial charge in [-0.2, -0.15) is 0 Å². The van der Waals surface area contributed by atoms with Crippen LogP contribution in [0, 0.1) is 0 Å². The lowest BCUT2D eigenvalue weighted by Gasteiger charge is -1.92. The van der Waals surface area contributed by atoms with Gasteiger partial charge in [-0.25, -0.2) is 0 Å². The topological polar surface area (TPSA) is 21.6 Å². The Kier molecular flexibility index (Phi) is 5.33. The van der Waals surface area contributed by atoms with E-state index >= 15 is 0 Å². The monoisotopic (exact) mass is 101 g/mol. The highest BCUT2D eigenvalue weighted by molar-refractivity contribution is 5.22. The van der Waals surface area contributed by atoms with Crippen LogP contribution in [0.15, 0.2) is 4.99 Å². The Morgan fingerprint density at radius 3 is 2.86 bits per heavy atom. The maximum Gasteiger partial charge on any atom is 0.136 e. The number of ether oxygens (including phenoxy) is 1. The van der Waals surface area contributed by atoms with Crippen molar-refractivity contribution >= 4 is 6.72 Å². The summed E-state index contributed by atoms with van der Waals surface area (Å²) in [7, 11) is 0. The Labute approximate surface area is 44.2 Å². The average Bonchev–Trinajstić information content (AvgIpc) is 1.69. The summed E-state index contributed by atoms with van der Waals surface area (Å²) in [5.74, 6) is 0. The fraction of sp³-hybridized carbons (Fsp3) is 0.800. The van der Waals surface area contributed by atoms with Crippen LogP contribution in [0.25, 0.3) is 0 Å². The van der Waals surface area contributed by atoms with E-state index in [1.807, 2.05) is 0 Å². The van der Waals surface area contributed by atoms with Crippen molar-refractivity contribution in [2.24, 2.45) is 4.99 Å². The van der Waals surface area contributed by atoms with Crippen LogP contribution < -0.4 is 0 Å². The van der Waals surface area contributed by atoms with Crippen LogP contribution in [0.1, 0.15) is 13.3 Å². The maximum atomic E-state index is 4.90. The molecule has 0 bridgehead atoms. The van der Waals surface area contributed by atoms with Gasteiger partial charge in [0, 0.05) is 6.61 Å². The molecule has 0 aliphatic heterocycles. The van der Waals surface area contributed by atoms with Crippen molar-refractivity contribution in [2.75, 3.05) is 13.3 Å². The number of aliphatic imine (C=N–C) groups is 1. The molecule has 0 rings (SSSR count). The number of hydrogen-bond donors (Lipinski definition) is 0. The van der Waals surface area contributed by atoms with Crippen LogP contribution in [0.3, 0.4) is 0 Å². The predicted octanol–water partition coefficient (Wildman–Crippen LogP) is 1.07. The highest BCUT2D eigenvalue weighted by Crippen LogP contribution is 1.77. The smallest absolute Gasteiger partial charge is 0.136 e. The molecule has 7 heavy (non-hydrogen) atoms. The fourth-order valence-electron chi connectivity index (χ4n) is 0.273. The molecule has 0 fully saturated rings. The third-order valence-electron chi connectivity index (χ3n) is 0.531. The maximum absolute atomic E-state index is 4.90. The average molecular weight is 101 g/mol. The van der Waals surface area contributed by atoms with Crippen molar-refractivity contribution in [3.63, 3.8) is 0 Å². The van der Waals surface area contributed by atoms with Gasteiger partial charge in [0.15, 0.2) is 0 Å². The van der Waals surface area contributed by atoms with Crippen LogP contribution in [0.4, 0.5) is 0 Å². The van der Waals surface area contributed by atoms with Gasteiger partial charge in [0.25, 0.3) is 0 Å². The summed E-state index contributed by atoms with van der Waals surface area (Å²) >= 11 is 0. The second kappa shape index (κ2) is 5.63. The standard InChI is InChI=1S/C5H11NO/c1-3-4-7-5-6-2/h2-5H2,1H3. The first-order valence-electron chi connectivity index (χ1n) is 2.42. The fourth-order valence-corrected chi connectivity index (χ4v) is 0.273. The SMILES string of the molecule is C=NCOCCC. The zero-order valence-corrected chi connectivity index (χ0v) is 4.68. The van der Waals surface area contributed by atoms with E-state index < -0.39 is 0 Å². The van der Waals surface area contributed by atoms with Crippen LogP contribution in [0.5, 0.6) is 0 Å². The second-order valence-electron chi connectivity index (χ2n) is 1.26. The normalized spacial score (nSPS) is 8.71. The summed E-state index contributed by atoms with van der Waals surface area (Å²) < 4.78 is 4.90. The van der Waals surface area contributed by atoms with Gasteiger partial charge in [-0.15, -0.1) is 0 Å². The predicted molar refractivity (Wildman–Crippen MR) is 30.7 cm³/mol. The second-order valence-corrected chi connectivity index (χ2v) is 1.26. The van der Waals surface area contributed by atoms with Crippen molar-refractivity contribution in [3.8, 4) is 0 Å². The molecule has 2 nitrogen and oxygen atoms in total. The molecule has 0 unspecified atom stereocenters. The van der Waals surface area contributed by atoms with Crippen molar-refractivity contribution in [1.29, 1.82) is 0 Å². The lowest BCUT2D eigenvalue weighted by atomic mass is 10.5. The highest BCUT2D eigenvalue weighted by atomic mass is 16.5. The van der Waals surface area contributed by atoms with Gasteiger partial charge in [-0.1, -0.05) is 6.92 Å². The van der Waals surface area contributed by atoms with E-state index in [2.05, 4.69) is 18.6 Å². The molecule has 0 spiro atoms. The van der Waals surface area contributed by atoms with E-state index in [4.69, 9.17) is 4.74 Å². The van der Waals surface area contributed by atoms with Gasteiger partial charge in [-0.05, 0) is 13.1 Å². The first-order chi connectivity index (χ1) is 3.41. The molecule has 42 valence electrons. The van der Waals surface area contributed by atoms with Gasteiger partial charge < -0.3 is 4.74 Å². The third-order valence-corrected chi connectivity index (χ3v) is 0.531. The zero-order valence-electron chi connectivity index (χ0n) is 4.68. The molecule has 0 atom stereocenters. The molecule has 0 aromatic heterocycles. The minimum atomic E-state index is 0.438. The Morgan fingerprint density at radius 2 is 2.43 bits per heavy atom. The van der Waals surface area contributed by atoms with E-state index in [1.165, 1.54) is 0 Å². The van der Waals surface area contributed by atoms with Crippen molar-refractivity contribution in [1.82, 2.24) is 0 Å². The van der Waals surface area contributed by atoms with Crippen molar-refractivity contribution in [2.45, 2.75) is 13.3 Å². The summed E-state index contributed by atoms with van der Waals surface area (Å²) in [5.41, 5.74) is 0. The van der Waals surface area contributed by atoms with E-state index in [0.717, 1.165) is 13.0 Å². The molecule has 0 amide bonds.